The molecule has 2 aliphatic heterocycles. The van der Waals surface area contributed by atoms with Crippen LogP contribution in [0.2, 0.25) is 10.0 Å². The second kappa shape index (κ2) is 5.64. The second-order valence-electron chi connectivity index (χ2n) is 5.16. The maximum atomic E-state index is 12.0. The van der Waals surface area contributed by atoms with Crippen LogP contribution >= 0.6 is 23.2 Å². The predicted molar refractivity (Wildman–Crippen MR) is 74.9 cm³/mol. The molecule has 2 heterocycles. The first-order valence-corrected chi connectivity index (χ1v) is 7.15. The smallest absolute Gasteiger partial charge is 0.345 e. The quantitative estimate of drug-likeness (QED) is 0.847. The number of hydrogen-bond donors (Lipinski definition) is 0. The van der Waals surface area contributed by atoms with Crippen molar-refractivity contribution < 1.29 is 13.5 Å². The van der Waals surface area contributed by atoms with E-state index in [-0.39, 0.29) is 6.10 Å². The van der Waals surface area contributed by atoms with E-state index in [0.717, 1.165) is 18.8 Å². The maximum absolute atomic E-state index is 12.0. The number of ether oxygens (including phenoxy) is 1. The van der Waals surface area contributed by atoms with Crippen LogP contribution in [0.3, 0.4) is 0 Å². The lowest BCUT2D eigenvalue weighted by molar-refractivity contribution is -0.201. The Morgan fingerprint density at radius 2 is 1.65 bits per heavy atom. The van der Waals surface area contributed by atoms with Crippen LogP contribution in [0, 0.1) is 0 Å². The average molecular weight is 323 g/mol. The van der Waals surface area contributed by atoms with E-state index in [9.17, 15) is 8.78 Å². The minimum atomic E-state index is -2.67. The number of alkyl halides is 2. The van der Waals surface area contributed by atoms with Crippen LogP contribution in [0.5, 0.6) is 0 Å². The molecule has 0 bridgehead atoms. The number of halogens is 4. The van der Waals surface area contributed by atoms with Crippen LogP contribution in [0.25, 0.3) is 0 Å². The topological polar surface area (TPSA) is 15.7 Å². The number of benzene rings is 1. The standard InChI is InChI=1S/C13H14Cl2F2N2O/c14-8-1-9(15)3-10(2-8)18-4-11(5-18)19-6-12(7-19)20-13(16)17/h1-3,11-13H,4-7H2. The highest BCUT2D eigenvalue weighted by molar-refractivity contribution is 6.35. The van der Waals surface area contributed by atoms with Gasteiger partial charge in [0.15, 0.2) is 0 Å². The molecule has 2 fully saturated rings. The molecule has 2 saturated heterocycles. The SMILES string of the molecule is FC(F)OC1CN(C2CN(c3cc(Cl)cc(Cl)c3)C2)C1. The van der Waals surface area contributed by atoms with E-state index in [4.69, 9.17) is 23.2 Å². The molecule has 0 unspecified atom stereocenters. The van der Waals surface area contributed by atoms with Crippen molar-refractivity contribution in [1.29, 1.82) is 0 Å². The highest BCUT2D eigenvalue weighted by Crippen LogP contribution is 2.31. The molecular formula is C13H14Cl2F2N2O. The normalized spacial score (nSPS) is 21.1. The summed E-state index contributed by atoms with van der Waals surface area (Å²) < 4.78 is 28.5. The largest absolute Gasteiger partial charge is 0.368 e. The number of likely N-dealkylation sites (tertiary alicyclic amines) is 1. The minimum Gasteiger partial charge on any atom is -0.368 e. The Morgan fingerprint density at radius 1 is 1.05 bits per heavy atom. The molecule has 1 aromatic rings. The van der Waals surface area contributed by atoms with E-state index in [0.29, 0.717) is 29.2 Å². The summed E-state index contributed by atoms with van der Waals surface area (Å²) in [5.41, 5.74) is 1.000. The van der Waals surface area contributed by atoms with Crippen molar-refractivity contribution in [2.24, 2.45) is 0 Å². The molecule has 20 heavy (non-hydrogen) atoms. The van der Waals surface area contributed by atoms with Gasteiger partial charge in [-0.25, -0.2) is 0 Å². The van der Waals surface area contributed by atoms with Gasteiger partial charge in [-0.3, -0.25) is 4.90 Å². The van der Waals surface area contributed by atoms with E-state index >= 15 is 0 Å². The van der Waals surface area contributed by atoms with Crippen molar-refractivity contribution >= 4 is 28.9 Å². The molecule has 0 amide bonds. The summed E-state index contributed by atoms with van der Waals surface area (Å²) in [6, 6.07) is 5.85. The molecule has 0 atom stereocenters. The summed E-state index contributed by atoms with van der Waals surface area (Å²) in [4.78, 5) is 4.33. The minimum absolute atomic E-state index is 0.329. The molecule has 0 radical (unpaired) electrons. The Morgan fingerprint density at radius 3 is 2.20 bits per heavy atom. The van der Waals surface area contributed by atoms with Crippen molar-refractivity contribution in [3.63, 3.8) is 0 Å². The molecule has 110 valence electrons. The molecule has 1 aromatic carbocycles. The Balaban J connectivity index is 1.48. The van der Waals surface area contributed by atoms with Crippen molar-refractivity contribution in [1.82, 2.24) is 4.90 Å². The Bertz CT molecular complexity index is 471. The zero-order valence-corrected chi connectivity index (χ0v) is 12.1. The van der Waals surface area contributed by atoms with E-state index in [1.807, 2.05) is 12.1 Å². The lowest BCUT2D eigenvalue weighted by Crippen LogP contribution is -2.67. The first-order valence-electron chi connectivity index (χ1n) is 6.40. The molecule has 0 saturated carbocycles. The van der Waals surface area contributed by atoms with Crippen LogP contribution in [-0.2, 0) is 4.74 Å². The van der Waals surface area contributed by atoms with Crippen molar-refractivity contribution in [2.75, 3.05) is 31.1 Å². The van der Waals surface area contributed by atoms with Crippen LogP contribution in [0.1, 0.15) is 0 Å². The van der Waals surface area contributed by atoms with Crippen LogP contribution in [-0.4, -0.2) is 49.8 Å². The summed E-state index contributed by atoms with van der Waals surface area (Å²) >= 11 is 11.9. The molecule has 0 aromatic heterocycles. The van der Waals surface area contributed by atoms with Gasteiger partial charge in [0.1, 0.15) is 0 Å². The van der Waals surface area contributed by atoms with Gasteiger partial charge >= 0.3 is 6.61 Å². The monoisotopic (exact) mass is 322 g/mol. The molecule has 0 aliphatic carbocycles. The Labute approximate surface area is 126 Å². The molecule has 3 rings (SSSR count). The molecule has 2 aliphatic rings. The third kappa shape index (κ3) is 3.01. The summed E-state index contributed by atoms with van der Waals surface area (Å²) in [5.74, 6) is 0. The summed E-state index contributed by atoms with van der Waals surface area (Å²) in [6.45, 7) is 0.211. The first-order chi connectivity index (χ1) is 9.51. The Hall–Kier alpha value is -0.620. The Kier molecular flexibility index (Phi) is 4.04. The van der Waals surface area contributed by atoms with Crippen molar-refractivity contribution in [2.45, 2.75) is 18.8 Å². The van der Waals surface area contributed by atoms with Crippen LogP contribution in [0.4, 0.5) is 14.5 Å². The fourth-order valence-corrected chi connectivity index (χ4v) is 3.13. The average Bonchev–Trinajstić information content (AvgIpc) is 2.21. The number of anilines is 1. The van der Waals surface area contributed by atoms with E-state index in [2.05, 4.69) is 14.5 Å². The van der Waals surface area contributed by atoms with Gasteiger partial charge in [0, 0.05) is 48.0 Å². The summed E-state index contributed by atoms with van der Waals surface area (Å²) in [5, 5.41) is 1.23. The third-order valence-corrected chi connectivity index (χ3v) is 4.20. The van der Waals surface area contributed by atoms with Crippen LogP contribution < -0.4 is 4.90 Å². The zero-order chi connectivity index (χ0) is 14.3. The maximum Gasteiger partial charge on any atom is 0.345 e. The fourth-order valence-electron chi connectivity index (χ4n) is 2.62. The summed E-state index contributed by atoms with van der Waals surface area (Å²) in [7, 11) is 0. The molecular weight excluding hydrogens is 309 g/mol. The zero-order valence-electron chi connectivity index (χ0n) is 10.6. The molecule has 7 heteroatoms. The van der Waals surface area contributed by atoms with Crippen molar-refractivity contribution in [3.05, 3.63) is 28.2 Å². The van der Waals surface area contributed by atoms with E-state index in [1.165, 1.54) is 0 Å². The van der Waals surface area contributed by atoms with Gasteiger partial charge in [-0.2, -0.15) is 8.78 Å². The highest BCUT2D eigenvalue weighted by Gasteiger charge is 2.40. The fraction of sp³-hybridized carbons (Fsp3) is 0.538. The molecule has 0 spiro atoms. The second-order valence-corrected chi connectivity index (χ2v) is 6.03. The van der Waals surface area contributed by atoms with Gasteiger partial charge in [0.2, 0.25) is 0 Å². The number of rotatable bonds is 4. The van der Waals surface area contributed by atoms with Gasteiger partial charge in [-0.15, -0.1) is 0 Å². The third-order valence-electron chi connectivity index (χ3n) is 3.76. The molecule has 0 N–H and O–H groups in total. The van der Waals surface area contributed by atoms with Gasteiger partial charge in [-0.1, -0.05) is 23.2 Å². The number of nitrogens with zero attached hydrogens (tertiary/aromatic N) is 2. The van der Waals surface area contributed by atoms with Gasteiger partial charge in [-0.05, 0) is 18.2 Å². The van der Waals surface area contributed by atoms with Crippen molar-refractivity contribution in [3.8, 4) is 0 Å². The predicted octanol–water partition coefficient (Wildman–Crippen LogP) is 3.11. The lowest BCUT2D eigenvalue weighted by Gasteiger charge is -2.52. The van der Waals surface area contributed by atoms with Gasteiger partial charge in [0.25, 0.3) is 0 Å². The van der Waals surface area contributed by atoms with Gasteiger partial charge < -0.3 is 9.64 Å². The van der Waals surface area contributed by atoms with Gasteiger partial charge in [0.05, 0.1) is 6.10 Å². The van der Waals surface area contributed by atoms with E-state index in [1.54, 1.807) is 6.07 Å². The first kappa shape index (κ1) is 14.3. The van der Waals surface area contributed by atoms with E-state index < -0.39 is 6.61 Å². The molecule has 3 nitrogen and oxygen atoms in total. The highest BCUT2D eigenvalue weighted by atomic mass is 35.5. The summed E-state index contributed by atoms with van der Waals surface area (Å²) in [6.07, 6.45) is -0.329. The number of hydrogen-bond acceptors (Lipinski definition) is 3. The lowest BCUT2D eigenvalue weighted by atomic mass is 10.0. The van der Waals surface area contributed by atoms with Crippen LogP contribution in [0.15, 0.2) is 18.2 Å².